The smallest absolute Gasteiger partial charge is 0.310 e. The van der Waals surface area contributed by atoms with Gasteiger partial charge in [0.2, 0.25) is 11.8 Å². The third kappa shape index (κ3) is 5.41. The van der Waals surface area contributed by atoms with Crippen LogP contribution in [0.15, 0.2) is 49.6 Å². The van der Waals surface area contributed by atoms with Crippen LogP contribution in [0.1, 0.15) is 44.9 Å². The van der Waals surface area contributed by atoms with Crippen LogP contribution in [0.3, 0.4) is 0 Å². The third-order valence-corrected chi connectivity index (χ3v) is 10.5. The van der Waals surface area contributed by atoms with Gasteiger partial charge in [0, 0.05) is 24.9 Å². The van der Waals surface area contributed by atoms with Gasteiger partial charge in [-0.05, 0) is 44.2 Å². The van der Waals surface area contributed by atoms with E-state index in [0.29, 0.717) is 25.8 Å². The first-order chi connectivity index (χ1) is 20.0. The third-order valence-electron chi connectivity index (χ3n) is 8.57. The summed E-state index contributed by atoms with van der Waals surface area (Å²) in [4.78, 5) is 45.4. The zero-order valence-corrected chi connectivity index (χ0v) is 24.2. The number of carbonyl (C=O) groups is 3. The van der Waals surface area contributed by atoms with Crippen LogP contribution in [0.4, 0.5) is 0 Å². The summed E-state index contributed by atoms with van der Waals surface area (Å²) in [5, 5.41) is 17.6. The summed E-state index contributed by atoms with van der Waals surface area (Å²) in [5.41, 5.74) is 1.55. The van der Waals surface area contributed by atoms with E-state index in [1.54, 1.807) is 38.4 Å². The Hall–Kier alpha value is -3.18. The maximum atomic E-state index is 14.6. The van der Waals surface area contributed by atoms with E-state index in [2.05, 4.69) is 23.5 Å². The highest BCUT2D eigenvalue weighted by Crippen LogP contribution is 2.66. The van der Waals surface area contributed by atoms with Crippen molar-refractivity contribution in [3.8, 4) is 0 Å². The van der Waals surface area contributed by atoms with Crippen LogP contribution >= 0.6 is 11.8 Å². The van der Waals surface area contributed by atoms with Crippen molar-refractivity contribution in [3.05, 3.63) is 49.6 Å². The lowest BCUT2D eigenvalue weighted by molar-refractivity contribution is -0.154. The molecule has 3 saturated heterocycles. The van der Waals surface area contributed by atoms with Gasteiger partial charge in [0.15, 0.2) is 0 Å². The van der Waals surface area contributed by atoms with Crippen molar-refractivity contribution >= 4 is 40.6 Å². The Morgan fingerprint density at radius 3 is 2.78 bits per heavy atom. The summed E-state index contributed by atoms with van der Waals surface area (Å²) in [7, 11) is 0. The summed E-state index contributed by atoms with van der Waals surface area (Å²) in [5.74, 6) is -1.79. The lowest BCUT2D eigenvalue weighted by atomic mass is 9.71. The van der Waals surface area contributed by atoms with Gasteiger partial charge >= 0.3 is 5.97 Å². The number of nitrogens with zero attached hydrogens (tertiary/aromatic N) is 5. The number of benzene rings is 1. The molecular formula is C30H39N5O5S. The molecule has 2 unspecified atom stereocenters. The summed E-state index contributed by atoms with van der Waals surface area (Å²) < 4.78 is 6.59. The molecule has 3 aliphatic heterocycles. The normalized spacial score (nSPS) is 26.4. The minimum absolute atomic E-state index is 0.0469. The molecule has 41 heavy (non-hydrogen) atoms. The predicted octanol–water partition coefficient (Wildman–Crippen LogP) is 3.17. The topological polar surface area (TPSA) is 118 Å². The molecule has 11 heteroatoms. The number of esters is 1. The van der Waals surface area contributed by atoms with Gasteiger partial charge in [0.05, 0.1) is 28.7 Å². The molecule has 1 aromatic heterocycles. The Morgan fingerprint density at radius 2 is 2.00 bits per heavy atom. The second-order valence-electron chi connectivity index (χ2n) is 11.0. The average molecular weight is 582 g/mol. The number of carbonyl (C=O) groups excluding carboxylic acids is 3. The molecule has 0 radical (unpaired) electrons. The number of aromatic nitrogens is 3. The number of likely N-dealkylation sites (tertiary alicyclic amines) is 1. The van der Waals surface area contributed by atoms with E-state index in [9.17, 15) is 14.4 Å². The largest absolute Gasteiger partial charge is 0.465 e. The van der Waals surface area contributed by atoms with Crippen LogP contribution in [-0.4, -0.2) is 90.0 Å². The van der Waals surface area contributed by atoms with Crippen LogP contribution in [0.25, 0.3) is 11.0 Å². The van der Waals surface area contributed by atoms with Gasteiger partial charge in [-0.2, -0.15) is 0 Å². The number of hydrogen-bond donors (Lipinski definition) is 1. The minimum Gasteiger partial charge on any atom is -0.465 e. The number of ether oxygens (including phenoxy) is 1. The number of thioether (sulfide) groups is 1. The van der Waals surface area contributed by atoms with Crippen LogP contribution in [-0.2, 0) is 25.8 Å². The van der Waals surface area contributed by atoms with Gasteiger partial charge in [-0.25, -0.2) is 4.68 Å². The first-order valence-corrected chi connectivity index (χ1v) is 15.4. The fraction of sp³-hybridized carbons (Fsp3) is 0.567. The molecule has 10 nitrogen and oxygen atoms in total. The van der Waals surface area contributed by atoms with Crippen molar-refractivity contribution in [2.75, 3.05) is 26.3 Å². The molecule has 3 fully saturated rings. The molecule has 5 atom stereocenters. The number of fused-ring (bicyclic) bond motifs is 2. The summed E-state index contributed by atoms with van der Waals surface area (Å²) in [6, 6.07) is 6.88. The SMILES string of the molecule is C=CCCOC(=O)[C@@H]1[C@@H]2CCC3(S2)C(C(=O)N(CC=C)Cn2nnc4ccccc42)N(CCCCCCO)C(=O)[C@H]13. The zero-order chi connectivity index (χ0) is 29.0. The van der Waals surface area contributed by atoms with Crippen molar-refractivity contribution in [1.29, 1.82) is 0 Å². The van der Waals surface area contributed by atoms with Crippen LogP contribution in [0.5, 0.6) is 0 Å². The van der Waals surface area contributed by atoms with E-state index in [0.717, 1.165) is 36.7 Å². The van der Waals surface area contributed by atoms with Crippen molar-refractivity contribution in [2.24, 2.45) is 11.8 Å². The number of unbranched alkanes of at least 4 members (excludes halogenated alkanes) is 3. The number of amides is 2. The van der Waals surface area contributed by atoms with Crippen molar-refractivity contribution in [3.63, 3.8) is 0 Å². The molecule has 3 aliphatic rings. The van der Waals surface area contributed by atoms with Gasteiger partial charge in [0.25, 0.3) is 0 Å². The maximum Gasteiger partial charge on any atom is 0.310 e. The summed E-state index contributed by atoms with van der Waals surface area (Å²) in [6.07, 6.45) is 8.50. The number of aliphatic hydroxyl groups is 1. The molecule has 220 valence electrons. The van der Waals surface area contributed by atoms with E-state index in [1.165, 1.54) is 0 Å². The first kappa shape index (κ1) is 29.3. The van der Waals surface area contributed by atoms with Crippen LogP contribution < -0.4 is 0 Å². The standard InChI is InChI=1S/C30H39N5O5S/c1-3-5-19-40-29(39)24-23-14-15-30(41-23)25(24)27(37)34(17-10-6-7-11-18-36)26(30)28(38)33(16-4-2)20-35-22-13-9-8-12-21(22)31-32-35/h3-4,8-9,12-13,23-26,36H,1-2,5-7,10-11,14-20H2/t23-,24+,25-,26?,30?/m0/s1. The minimum atomic E-state index is -0.700. The van der Waals surface area contributed by atoms with Crippen molar-refractivity contribution < 1.29 is 24.2 Å². The van der Waals surface area contributed by atoms with Crippen LogP contribution in [0, 0.1) is 11.8 Å². The monoisotopic (exact) mass is 581 g/mol. The molecule has 0 aliphatic carbocycles. The fourth-order valence-corrected chi connectivity index (χ4v) is 8.96. The second-order valence-corrected chi connectivity index (χ2v) is 12.6. The number of aliphatic hydroxyl groups excluding tert-OH is 1. The lowest BCUT2D eigenvalue weighted by Crippen LogP contribution is -2.55. The fourth-order valence-electron chi connectivity index (χ4n) is 6.76. The molecule has 0 saturated carbocycles. The van der Waals surface area contributed by atoms with E-state index in [1.807, 2.05) is 24.3 Å². The van der Waals surface area contributed by atoms with E-state index >= 15 is 0 Å². The average Bonchev–Trinajstić information content (AvgIpc) is 3.72. The Labute approximate surface area is 244 Å². The van der Waals surface area contributed by atoms with E-state index in [-0.39, 0.29) is 49.5 Å². The molecular weight excluding hydrogens is 542 g/mol. The molecule has 1 N–H and O–H groups in total. The van der Waals surface area contributed by atoms with Gasteiger partial charge in [-0.1, -0.05) is 42.3 Å². The maximum absolute atomic E-state index is 14.6. The van der Waals surface area contributed by atoms with Crippen molar-refractivity contribution in [1.82, 2.24) is 24.8 Å². The molecule has 5 rings (SSSR count). The Balaban J connectivity index is 1.45. The van der Waals surface area contributed by atoms with E-state index < -0.39 is 22.6 Å². The van der Waals surface area contributed by atoms with Crippen LogP contribution in [0.2, 0.25) is 0 Å². The summed E-state index contributed by atoms with van der Waals surface area (Å²) in [6.45, 7) is 8.82. The van der Waals surface area contributed by atoms with Gasteiger partial charge in [-0.3, -0.25) is 14.4 Å². The Morgan fingerprint density at radius 1 is 1.20 bits per heavy atom. The van der Waals surface area contributed by atoms with Gasteiger partial charge in [0.1, 0.15) is 18.2 Å². The summed E-state index contributed by atoms with van der Waals surface area (Å²) >= 11 is 1.64. The molecule has 2 bridgehead atoms. The van der Waals surface area contributed by atoms with Gasteiger partial charge < -0.3 is 19.6 Å². The Kier molecular flexibility index (Phi) is 9.13. The molecule has 1 spiro atoms. The van der Waals surface area contributed by atoms with Crippen molar-refractivity contribution in [2.45, 2.75) is 67.7 Å². The van der Waals surface area contributed by atoms with E-state index in [4.69, 9.17) is 9.84 Å². The highest BCUT2D eigenvalue weighted by molar-refractivity contribution is 8.02. The first-order valence-electron chi connectivity index (χ1n) is 14.5. The van der Waals surface area contributed by atoms with Gasteiger partial charge in [-0.15, -0.1) is 30.0 Å². The number of hydrogen-bond acceptors (Lipinski definition) is 8. The second kappa shape index (κ2) is 12.8. The highest BCUT2D eigenvalue weighted by Gasteiger charge is 2.74. The molecule has 4 heterocycles. The molecule has 2 aromatic rings. The number of para-hydroxylation sites is 1. The zero-order valence-electron chi connectivity index (χ0n) is 23.4. The Bertz CT molecular complexity index is 1300. The molecule has 2 amide bonds. The lowest BCUT2D eigenvalue weighted by Gasteiger charge is -2.37. The number of rotatable bonds is 15. The predicted molar refractivity (Wildman–Crippen MR) is 157 cm³/mol. The highest BCUT2D eigenvalue weighted by atomic mass is 32.2. The molecule has 1 aromatic carbocycles. The quantitative estimate of drug-likeness (QED) is 0.194.